The van der Waals surface area contributed by atoms with Crippen molar-refractivity contribution in [3.05, 3.63) is 29.4 Å². The number of ether oxygens (including phenoxy) is 1. The molecule has 2 aromatic rings. The molecule has 0 radical (unpaired) electrons. The first-order valence-electron chi connectivity index (χ1n) is 14.1. The Morgan fingerprint density at radius 2 is 1.90 bits per heavy atom. The molecule has 10 nitrogen and oxygen atoms in total. The average Bonchev–Trinajstić information content (AvgIpc) is 3.37. The lowest BCUT2D eigenvalue weighted by Gasteiger charge is -2.40. The highest BCUT2D eigenvalue weighted by Crippen LogP contribution is 2.40. The first-order chi connectivity index (χ1) is 19.0. The van der Waals surface area contributed by atoms with Gasteiger partial charge >= 0.3 is 6.09 Å². The summed E-state index contributed by atoms with van der Waals surface area (Å²) >= 11 is 1.51. The highest BCUT2D eigenvalue weighted by atomic mass is 32.2. The zero-order valence-corrected chi connectivity index (χ0v) is 25.5. The Balaban J connectivity index is 1.47. The van der Waals surface area contributed by atoms with Crippen molar-refractivity contribution >= 4 is 39.0 Å². The van der Waals surface area contributed by atoms with Gasteiger partial charge in [0.05, 0.1) is 20.9 Å². The smallest absolute Gasteiger partial charge is 0.407 e. The van der Waals surface area contributed by atoms with E-state index in [1.54, 1.807) is 25.3 Å². The molecule has 2 amide bonds. The van der Waals surface area contributed by atoms with Crippen molar-refractivity contribution in [2.45, 2.75) is 89.3 Å². The number of thiazole rings is 1. The van der Waals surface area contributed by atoms with E-state index in [4.69, 9.17) is 4.74 Å². The zero-order valence-electron chi connectivity index (χ0n) is 23.9. The van der Waals surface area contributed by atoms with Crippen LogP contribution < -0.4 is 15.4 Å². The minimum absolute atomic E-state index is 0.0303. The molecule has 1 atom stereocenters. The number of likely N-dealkylation sites (tertiary alicyclic amines) is 1. The molecule has 220 valence electrons. The van der Waals surface area contributed by atoms with E-state index in [0.29, 0.717) is 30.3 Å². The van der Waals surface area contributed by atoms with Crippen LogP contribution in [0, 0.1) is 5.92 Å². The third kappa shape index (κ3) is 7.32. The van der Waals surface area contributed by atoms with Gasteiger partial charge in [0.15, 0.2) is 0 Å². The molecular weight excluding hydrogens is 550 g/mol. The maximum atomic E-state index is 13.2. The van der Waals surface area contributed by atoms with Crippen LogP contribution in [0.15, 0.2) is 29.3 Å². The Kier molecular flexibility index (Phi) is 9.73. The molecule has 2 heterocycles. The number of rotatable bonds is 11. The Hall–Kier alpha value is -2.70. The number of sulfonamides is 1. The lowest BCUT2D eigenvalue weighted by Crippen LogP contribution is -2.60. The monoisotopic (exact) mass is 591 g/mol. The third-order valence-corrected chi connectivity index (χ3v) is 9.85. The van der Waals surface area contributed by atoms with Crippen LogP contribution in [0.3, 0.4) is 0 Å². The Bertz CT molecular complexity index is 1300. The van der Waals surface area contributed by atoms with E-state index in [9.17, 15) is 18.0 Å². The molecular formula is C28H41N5O5S2. The van der Waals surface area contributed by atoms with Crippen LogP contribution in [0.25, 0.3) is 10.4 Å². The molecule has 1 aliphatic carbocycles. The van der Waals surface area contributed by atoms with Gasteiger partial charge < -0.3 is 20.3 Å². The number of β-lactam (4-membered cyclic amide) rings is 1. The fourth-order valence-electron chi connectivity index (χ4n) is 5.22. The molecule has 0 spiro atoms. The molecule has 1 aromatic heterocycles. The Morgan fingerprint density at radius 3 is 2.52 bits per heavy atom. The highest BCUT2D eigenvalue weighted by molar-refractivity contribution is 7.89. The van der Waals surface area contributed by atoms with Gasteiger partial charge in [0.2, 0.25) is 15.9 Å². The number of nitrogens with one attached hydrogen (secondary N) is 3. The third-order valence-electron chi connectivity index (χ3n) is 7.07. The largest absolute Gasteiger partial charge is 0.447 e. The first kappa shape index (κ1) is 30.3. The van der Waals surface area contributed by atoms with Gasteiger partial charge in [-0.15, -0.1) is 11.3 Å². The number of alkyl carbamates (subject to hydrolysis) is 1. The molecule has 0 unspecified atom stereocenters. The standard InChI is InChI=1S/C28H41N5O5S2/c1-6-30-40(36,37)25-13-21(31-23-16-33(27(23)34)15-17(2)3)11-12-22(25)24-14-29-26(39-24)19-7-9-20(10-8-19)32-28(35)38-18(4)5/h11-14,17-20,23,30-31H,6-10,15-16H2,1-5H3,(H,32,35)/t19?,20?,23-/m0/s1. The summed E-state index contributed by atoms with van der Waals surface area (Å²) in [4.78, 5) is 31.9. The van der Waals surface area contributed by atoms with Crippen molar-refractivity contribution in [3.8, 4) is 10.4 Å². The molecule has 1 saturated heterocycles. The Labute approximate surface area is 241 Å². The summed E-state index contributed by atoms with van der Waals surface area (Å²) in [5.74, 6) is 0.680. The van der Waals surface area contributed by atoms with Crippen LogP contribution >= 0.6 is 11.3 Å². The van der Waals surface area contributed by atoms with E-state index in [1.165, 1.54) is 11.3 Å². The SMILES string of the molecule is CCNS(=O)(=O)c1cc(N[C@H]2CN(CC(C)C)C2=O)ccc1-c1cnc(C2CCC(NC(=O)OC(C)C)CC2)s1. The quantitative estimate of drug-likeness (QED) is 0.327. The zero-order chi connectivity index (χ0) is 29.0. The second kappa shape index (κ2) is 12.9. The van der Waals surface area contributed by atoms with Gasteiger partial charge in [-0.05, 0) is 57.6 Å². The number of nitrogens with zero attached hydrogens (tertiary/aromatic N) is 2. The minimum Gasteiger partial charge on any atom is -0.447 e. The van der Waals surface area contributed by atoms with Gasteiger partial charge in [-0.1, -0.05) is 26.8 Å². The van der Waals surface area contributed by atoms with Gasteiger partial charge in [0.1, 0.15) is 6.04 Å². The summed E-state index contributed by atoms with van der Waals surface area (Å²) in [6.07, 6.45) is 4.65. The molecule has 1 aromatic carbocycles. The van der Waals surface area contributed by atoms with Crippen LogP contribution in [-0.4, -0.2) is 68.1 Å². The summed E-state index contributed by atoms with van der Waals surface area (Å²) in [6.45, 7) is 11.1. The number of hydrogen-bond acceptors (Lipinski definition) is 8. The predicted octanol–water partition coefficient (Wildman–Crippen LogP) is 4.55. The van der Waals surface area contributed by atoms with Crippen molar-refractivity contribution < 1.29 is 22.7 Å². The lowest BCUT2D eigenvalue weighted by atomic mass is 9.86. The first-order valence-corrected chi connectivity index (χ1v) is 16.4. The van der Waals surface area contributed by atoms with Crippen LogP contribution in [0.5, 0.6) is 0 Å². The molecule has 3 N–H and O–H groups in total. The van der Waals surface area contributed by atoms with Crippen molar-refractivity contribution in [2.24, 2.45) is 5.92 Å². The normalized spacial score (nSPS) is 21.4. The molecule has 4 rings (SSSR count). The van der Waals surface area contributed by atoms with Gasteiger partial charge in [0, 0.05) is 49.0 Å². The summed E-state index contributed by atoms with van der Waals surface area (Å²) in [7, 11) is -3.78. The predicted molar refractivity (Wildman–Crippen MR) is 157 cm³/mol. The maximum Gasteiger partial charge on any atom is 0.407 e. The number of carbonyl (C=O) groups excluding carboxylic acids is 2. The summed E-state index contributed by atoms with van der Waals surface area (Å²) in [5.41, 5.74) is 1.18. The Morgan fingerprint density at radius 1 is 1.18 bits per heavy atom. The second-order valence-corrected chi connectivity index (χ2v) is 14.1. The van der Waals surface area contributed by atoms with Crippen molar-refractivity contribution in [3.63, 3.8) is 0 Å². The maximum absolute atomic E-state index is 13.2. The van der Waals surface area contributed by atoms with E-state index < -0.39 is 10.0 Å². The van der Waals surface area contributed by atoms with E-state index in [1.807, 2.05) is 24.8 Å². The van der Waals surface area contributed by atoms with Crippen LogP contribution in [0.4, 0.5) is 10.5 Å². The molecule has 0 bridgehead atoms. The topological polar surface area (TPSA) is 130 Å². The van der Waals surface area contributed by atoms with E-state index in [0.717, 1.165) is 35.6 Å². The van der Waals surface area contributed by atoms with E-state index >= 15 is 0 Å². The summed E-state index contributed by atoms with van der Waals surface area (Å²) in [6, 6.07) is 4.95. The highest BCUT2D eigenvalue weighted by Gasteiger charge is 2.37. The second-order valence-electron chi connectivity index (χ2n) is 11.3. The number of aromatic nitrogens is 1. The molecule has 2 aliphatic rings. The number of anilines is 1. The molecule has 1 saturated carbocycles. The van der Waals surface area contributed by atoms with Gasteiger partial charge in [-0.3, -0.25) is 4.79 Å². The van der Waals surface area contributed by atoms with E-state index in [2.05, 4.69) is 34.2 Å². The summed E-state index contributed by atoms with van der Waals surface area (Å²) < 4.78 is 34.2. The number of hydrogen-bond donors (Lipinski definition) is 3. The van der Waals surface area contributed by atoms with Crippen LogP contribution in [-0.2, 0) is 19.6 Å². The molecule has 12 heteroatoms. The van der Waals surface area contributed by atoms with Crippen molar-refractivity contribution in [2.75, 3.05) is 25.0 Å². The summed E-state index contributed by atoms with van der Waals surface area (Å²) in [5, 5.41) is 7.13. The van der Waals surface area contributed by atoms with Crippen LogP contribution in [0.1, 0.15) is 71.2 Å². The number of benzene rings is 1. The van der Waals surface area contributed by atoms with Gasteiger partial charge in [-0.25, -0.2) is 22.9 Å². The van der Waals surface area contributed by atoms with Gasteiger partial charge in [0.25, 0.3) is 0 Å². The van der Waals surface area contributed by atoms with E-state index in [-0.39, 0.29) is 47.5 Å². The number of amides is 2. The molecule has 40 heavy (non-hydrogen) atoms. The van der Waals surface area contributed by atoms with Gasteiger partial charge in [-0.2, -0.15) is 0 Å². The van der Waals surface area contributed by atoms with Crippen molar-refractivity contribution in [1.29, 1.82) is 0 Å². The minimum atomic E-state index is -3.78. The molecule has 1 aliphatic heterocycles. The molecule has 2 fully saturated rings. The average molecular weight is 592 g/mol. The van der Waals surface area contributed by atoms with Crippen molar-refractivity contribution in [1.82, 2.24) is 19.9 Å². The lowest BCUT2D eigenvalue weighted by molar-refractivity contribution is -0.141. The fraction of sp³-hybridized carbons (Fsp3) is 0.607. The number of carbonyl (C=O) groups is 2. The fourth-order valence-corrected chi connectivity index (χ4v) is 7.69. The van der Waals surface area contributed by atoms with Crippen LogP contribution in [0.2, 0.25) is 0 Å².